The number of aromatic nitrogens is 3. The van der Waals surface area contributed by atoms with Gasteiger partial charge < -0.3 is 8.92 Å². The van der Waals surface area contributed by atoms with Crippen LogP contribution < -0.4 is 4.18 Å². The first-order valence-electron chi connectivity index (χ1n) is 7.85. The van der Waals surface area contributed by atoms with Gasteiger partial charge in [0.05, 0.1) is 17.9 Å². The summed E-state index contributed by atoms with van der Waals surface area (Å²) in [6, 6.07) is 7.66. The number of carbonyl (C=O) groups excluding carboxylic acids is 1. The summed E-state index contributed by atoms with van der Waals surface area (Å²) in [5.74, 6) is -0.660. The summed E-state index contributed by atoms with van der Waals surface area (Å²) in [5.41, 5.74) is 2.00. The van der Waals surface area contributed by atoms with E-state index in [9.17, 15) is 13.2 Å². The minimum Gasteiger partial charge on any atom is -0.462 e. The summed E-state index contributed by atoms with van der Waals surface area (Å²) in [5, 5.41) is 4.09. The van der Waals surface area contributed by atoms with Crippen LogP contribution in [0.15, 0.2) is 41.4 Å². The number of hydrogen-bond donors (Lipinski definition) is 0. The van der Waals surface area contributed by atoms with Crippen molar-refractivity contribution in [2.24, 2.45) is 0 Å². The molecule has 2 aromatic heterocycles. The number of hydrogen-bond acceptors (Lipinski definition) is 7. The van der Waals surface area contributed by atoms with Crippen LogP contribution in [0, 0.1) is 13.8 Å². The molecule has 1 aromatic carbocycles. The van der Waals surface area contributed by atoms with E-state index in [-0.39, 0.29) is 22.9 Å². The minimum absolute atomic E-state index is 0.0250. The number of carbonyl (C=O) groups is 1. The second kappa shape index (κ2) is 6.75. The van der Waals surface area contributed by atoms with Crippen LogP contribution in [-0.2, 0) is 14.9 Å². The van der Waals surface area contributed by atoms with E-state index in [1.165, 1.54) is 28.9 Å². The van der Waals surface area contributed by atoms with Gasteiger partial charge in [-0.2, -0.15) is 8.42 Å². The lowest BCUT2D eigenvalue weighted by atomic mass is 10.2. The smallest absolute Gasteiger partial charge is 0.341 e. The first kappa shape index (κ1) is 17.9. The Morgan fingerprint density at radius 1 is 1.19 bits per heavy atom. The van der Waals surface area contributed by atoms with Gasteiger partial charge in [0, 0.05) is 12.3 Å². The standard InChI is InChI=1S/C17H17N3O5S/c1-4-24-17(21)14-10-18-15-9-16(19-20(15)12(14)3)25-26(22,23)13-7-5-11(2)6-8-13/h5-10H,4H2,1-3H3. The molecule has 0 unspecified atom stereocenters. The Hall–Kier alpha value is -2.94. The lowest BCUT2D eigenvalue weighted by Gasteiger charge is -2.06. The number of rotatable bonds is 5. The predicted molar refractivity (Wildman–Crippen MR) is 92.7 cm³/mol. The summed E-state index contributed by atoms with van der Waals surface area (Å²) in [6.45, 7) is 5.45. The molecule has 3 rings (SSSR count). The molecule has 0 aliphatic heterocycles. The van der Waals surface area contributed by atoms with Crippen molar-refractivity contribution in [1.29, 1.82) is 0 Å². The van der Waals surface area contributed by atoms with Crippen molar-refractivity contribution < 1.29 is 22.1 Å². The third-order valence-electron chi connectivity index (χ3n) is 3.70. The van der Waals surface area contributed by atoms with Crippen LogP contribution in [0.5, 0.6) is 5.88 Å². The molecule has 136 valence electrons. The van der Waals surface area contributed by atoms with Crippen molar-refractivity contribution in [3.05, 3.63) is 53.3 Å². The van der Waals surface area contributed by atoms with Crippen molar-refractivity contribution in [2.45, 2.75) is 25.7 Å². The number of aryl methyl sites for hydroxylation is 2. The maximum atomic E-state index is 12.4. The van der Waals surface area contributed by atoms with E-state index < -0.39 is 16.1 Å². The summed E-state index contributed by atoms with van der Waals surface area (Å²) in [7, 11) is -4.02. The molecule has 0 saturated carbocycles. The number of fused-ring (bicyclic) bond motifs is 1. The Kier molecular flexibility index (Phi) is 4.64. The molecule has 0 aliphatic rings. The van der Waals surface area contributed by atoms with Gasteiger partial charge in [0.2, 0.25) is 0 Å². The van der Waals surface area contributed by atoms with Gasteiger partial charge in [0.15, 0.2) is 5.65 Å². The maximum Gasteiger partial charge on any atom is 0.341 e. The van der Waals surface area contributed by atoms with Gasteiger partial charge >= 0.3 is 16.1 Å². The van der Waals surface area contributed by atoms with E-state index in [2.05, 4.69) is 10.1 Å². The van der Waals surface area contributed by atoms with Crippen LogP contribution in [0.1, 0.15) is 28.5 Å². The van der Waals surface area contributed by atoms with E-state index >= 15 is 0 Å². The average Bonchev–Trinajstić information content (AvgIpc) is 2.98. The van der Waals surface area contributed by atoms with E-state index in [0.717, 1.165) is 5.56 Å². The zero-order valence-corrected chi connectivity index (χ0v) is 15.3. The highest BCUT2D eigenvalue weighted by atomic mass is 32.2. The maximum absolute atomic E-state index is 12.4. The van der Waals surface area contributed by atoms with Gasteiger partial charge in [0.1, 0.15) is 4.90 Å². The van der Waals surface area contributed by atoms with Gasteiger partial charge in [0.25, 0.3) is 5.88 Å². The Labute approximate surface area is 150 Å². The van der Waals surface area contributed by atoms with Crippen LogP contribution in [0.25, 0.3) is 5.65 Å². The molecule has 3 aromatic rings. The minimum atomic E-state index is -4.02. The predicted octanol–water partition coefficient (Wildman–Crippen LogP) is 2.29. The Bertz CT molecular complexity index is 1070. The van der Waals surface area contributed by atoms with Crippen LogP contribution in [0.3, 0.4) is 0 Å². The van der Waals surface area contributed by atoms with E-state index in [1.54, 1.807) is 26.0 Å². The molecular weight excluding hydrogens is 358 g/mol. The molecule has 0 saturated heterocycles. The largest absolute Gasteiger partial charge is 0.462 e. The molecule has 0 fully saturated rings. The molecule has 0 bridgehead atoms. The summed E-state index contributed by atoms with van der Waals surface area (Å²) >= 11 is 0. The fourth-order valence-corrected chi connectivity index (χ4v) is 3.21. The van der Waals surface area contributed by atoms with E-state index in [1.807, 2.05) is 6.92 Å². The van der Waals surface area contributed by atoms with E-state index in [4.69, 9.17) is 8.92 Å². The molecule has 0 spiro atoms. The van der Waals surface area contributed by atoms with Crippen molar-refractivity contribution in [3.63, 3.8) is 0 Å². The molecule has 0 amide bonds. The second-order valence-corrected chi connectivity index (χ2v) is 7.13. The first-order valence-corrected chi connectivity index (χ1v) is 9.26. The summed E-state index contributed by atoms with van der Waals surface area (Å²) in [6.07, 6.45) is 1.36. The normalized spacial score (nSPS) is 11.5. The number of benzene rings is 1. The number of esters is 1. The first-order chi connectivity index (χ1) is 12.3. The topological polar surface area (TPSA) is 99.9 Å². The molecule has 26 heavy (non-hydrogen) atoms. The lowest BCUT2D eigenvalue weighted by molar-refractivity contribution is 0.0524. The Morgan fingerprint density at radius 2 is 1.88 bits per heavy atom. The molecule has 0 radical (unpaired) electrons. The SMILES string of the molecule is CCOC(=O)c1cnc2cc(OS(=O)(=O)c3ccc(C)cc3)nn2c1C. The number of nitrogens with zero attached hydrogens (tertiary/aromatic N) is 3. The van der Waals surface area contributed by atoms with Crippen LogP contribution in [-0.4, -0.2) is 35.6 Å². The van der Waals surface area contributed by atoms with Crippen molar-refractivity contribution in [2.75, 3.05) is 6.61 Å². The summed E-state index contributed by atoms with van der Waals surface area (Å²) < 4.78 is 36.1. The third-order valence-corrected chi connectivity index (χ3v) is 4.94. The highest BCUT2D eigenvalue weighted by molar-refractivity contribution is 7.87. The van der Waals surface area contributed by atoms with Crippen molar-refractivity contribution in [3.8, 4) is 5.88 Å². The summed E-state index contributed by atoms with van der Waals surface area (Å²) in [4.78, 5) is 16.1. The fourth-order valence-electron chi connectivity index (χ4n) is 2.34. The van der Waals surface area contributed by atoms with Gasteiger partial charge in [-0.25, -0.2) is 14.3 Å². The Morgan fingerprint density at radius 3 is 2.54 bits per heavy atom. The van der Waals surface area contributed by atoms with Gasteiger partial charge in [-0.1, -0.05) is 17.7 Å². The van der Waals surface area contributed by atoms with Crippen LogP contribution >= 0.6 is 0 Å². The molecule has 0 aliphatic carbocycles. The van der Waals surface area contributed by atoms with Gasteiger partial charge in [-0.05, 0) is 32.9 Å². The zero-order valence-electron chi connectivity index (χ0n) is 14.5. The highest BCUT2D eigenvalue weighted by Gasteiger charge is 2.20. The molecule has 2 heterocycles. The molecule has 9 heteroatoms. The van der Waals surface area contributed by atoms with Crippen molar-refractivity contribution >= 4 is 21.7 Å². The third kappa shape index (κ3) is 3.38. The van der Waals surface area contributed by atoms with Gasteiger partial charge in [-0.3, -0.25) is 0 Å². The lowest BCUT2D eigenvalue weighted by Crippen LogP contribution is -2.12. The van der Waals surface area contributed by atoms with E-state index in [0.29, 0.717) is 11.3 Å². The molecule has 0 N–H and O–H groups in total. The van der Waals surface area contributed by atoms with Gasteiger partial charge in [-0.15, -0.1) is 5.10 Å². The average molecular weight is 375 g/mol. The molecule has 8 nitrogen and oxygen atoms in total. The van der Waals surface area contributed by atoms with Crippen molar-refractivity contribution in [1.82, 2.24) is 14.6 Å². The monoisotopic (exact) mass is 375 g/mol. The van der Waals surface area contributed by atoms with Crippen LogP contribution in [0.4, 0.5) is 0 Å². The second-order valence-electron chi connectivity index (χ2n) is 5.58. The fraction of sp³-hybridized carbons (Fsp3) is 0.235. The number of ether oxygens (including phenoxy) is 1. The zero-order chi connectivity index (χ0) is 18.9. The Balaban J connectivity index is 1.95. The molecular formula is C17H17N3O5S. The highest BCUT2D eigenvalue weighted by Crippen LogP contribution is 2.20. The quantitative estimate of drug-likeness (QED) is 0.498. The van der Waals surface area contributed by atoms with Crippen LogP contribution in [0.2, 0.25) is 0 Å². The molecule has 0 atom stereocenters.